The highest BCUT2D eigenvalue weighted by Crippen LogP contribution is 2.34. The molecule has 0 spiro atoms. The summed E-state index contributed by atoms with van der Waals surface area (Å²) in [6.45, 7) is 5.21. The Hall–Kier alpha value is -1.89. The van der Waals surface area contributed by atoms with E-state index < -0.39 is 17.2 Å². The predicted octanol–water partition coefficient (Wildman–Crippen LogP) is 4.30. The molecule has 2 heterocycles. The third-order valence-corrected chi connectivity index (χ3v) is 3.16. The second-order valence-corrected chi connectivity index (χ2v) is 6.19. The lowest BCUT2D eigenvalue weighted by atomic mass is 9.96. The van der Waals surface area contributed by atoms with Gasteiger partial charge in [-0.05, 0) is 6.07 Å². The normalized spacial score (nSPS) is 12.5. The molecular weight excluding hydrogens is 319 g/mol. The van der Waals surface area contributed by atoms with Crippen molar-refractivity contribution in [3.05, 3.63) is 35.2 Å². The van der Waals surface area contributed by atoms with E-state index >= 15 is 0 Å². The molecule has 0 N–H and O–H groups in total. The van der Waals surface area contributed by atoms with E-state index in [9.17, 15) is 18.0 Å². The van der Waals surface area contributed by atoms with Gasteiger partial charge in [0.25, 0.3) is 5.91 Å². The first-order valence-corrected chi connectivity index (χ1v) is 6.70. The Balaban J connectivity index is 2.38. The van der Waals surface area contributed by atoms with Crippen LogP contribution in [0.15, 0.2) is 24.7 Å². The molecule has 2 aromatic heterocycles. The minimum absolute atomic E-state index is 0.141. The monoisotopic (exact) mass is 331 g/mol. The molecule has 0 aliphatic heterocycles. The van der Waals surface area contributed by atoms with Crippen LogP contribution in [-0.2, 0) is 6.18 Å². The van der Waals surface area contributed by atoms with E-state index in [1.807, 2.05) is 0 Å². The number of hydrogen-bond acceptors (Lipinski definition) is 3. The molecule has 2 aromatic rings. The van der Waals surface area contributed by atoms with E-state index in [1.165, 1.54) is 12.4 Å². The van der Waals surface area contributed by atoms with Crippen LogP contribution in [0.25, 0.3) is 11.3 Å². The van der Waals surface area contributed by atoms with Crippen LogP contribution in [0, 0.1) is 5.41 Å². The van der Waals surface area contributed by atoms with E-state index in [0.29, 0.717) is 11.8 Å². The van der Waals surface area contributed by atoms with Crippen LogP contribution >= 0.6 is 11.6 Å². The molecule has 0 aliphatic rings. The van der Waals surface area contributed by atoms with E-state index in [4.69, 9.17) is 11.6 Å². The van der Waals surface area contributed by atoms with Crippen LogP contribution in [-0.4, -0.2) is 20.7 Å². The Morgan fingerprint density at radius 2 is 1.86 bits per heavy atom. The zero-order chi connectivity index (χ0) is 16.7. The number of rotatable bonds is 1. The molecule has 0 bridgehead atoms. The summed E-state index contributed by atoms with van der Waals surface area (Å²) in [6, 6.07) is 0.798. The van der Waals surface area contributed by atoms with Gasteiger partial charge in [-0.25, -0.2) is 4.68 Å². The maximum Gasteiger partial charge on any atom is 0.417 e. The van der Waals surface area contributed by atoms with Gasteiger partial charge in [0, 0.05) is 23.4 Å². The summed E-state index contributed by atoms with van der Waals surface area (Å²) >= 11 is 5.86. The zero-order valence-corrected chi connectivity index (χ0v) is 12.8. The molecule has 0 amide bonds. The van der Waals surface area contributed by atoms with Crippen LogP contribution in [0.1, 0.15) is 31.1 Å². The van der Waals surface area contributed by atoms with E-state index in [1.54, 1.807) is 20.8 Å². The van der Waals surface area contributed by atoms with Gasteiger partial charge in [0.05, 0.1) is 22.5 Å². The molecule has 4 nitrogen and oxygen atoms in total. The van der Waals surface area contributed by atoms with Gasteiger partial charge < -0.3 is 0 Å². The number of nitrogens with zero attached hydrogens (tertiary/aromatic N) is 3. The van der Waals surface area contributed by atoms with Crippen molar-refractivity contribution in [1.29, 1.82) is 0 Å². The van der Waals surface area contributed by atoms with Gasteiger partial charge in [-0.3, -0.25) is 9.78 Å². The predicted molar refractivity (Wildman–Crippen MR) is 75.6 cm³/mol. The number of pyridine rings is 1. The highest BCUT2D eigenvalue weighted by atomic mass is 35.5. The smallest absolute Gasteiger partial charge is 0.272 e. The molecule has 0 saturated carbocycles. The topological polar surface area (TPSA) is 47.8 Å². The van der Waals surface area contributed by atoms with Gasteiger partial charge in [-0.1, -0.05) is 32.4 Å². The fourth-order valence-electron chi connectivity index (χ4n) is 1.71. The second kappa shape index (κ2) is 5.39. The molecule has 0 saturated heterocycles. The Morgan fingerprint density at radius 3 is 2.36 bits per heavy atom. The molecule has 0 fully saturated rings. The standard InChI is InChI=1S/C14H13ClF3N3O/c1-13(2,3)12(22)21-7-8(5-20-21)11-10(15)4-9(6-19-11)14(16,17)18/h4-7H,1-3H3. The number of hydrogen-bond donors (Lipinski definition) is 0. The lowest BCUT2D eigenvalue weighted by Gasteiger charge is -2.15. The van der Waals surface area contributed by atoms with Gasteiger partial charge in [0.2, 0.25) is 0 Å². The molecule has 0 atom stereocenters. The molecule has 0 aromatic carbocycles. The number of carbonyl (C=O) groups excluding carboxylic acids is 1. The maximum atomic E-state index is 12.6. The maximum absolute atomic E-state index is 12.6. The summed E-state index contributed by atoms with van der Waals surface area (Å²) in [7, 11) is 0. The molecule has 118 valence electrons. The summed E-state index contributed by atoms with van der Waals surface area (Å²) in [5, 5.41) is 3.76. The first-order chi connectivity index (χ1) is 10.00. The largest absolute Gasteiger partial charge is 0.417 e. The van der Waals surface area contributed by atoms with Crippen molar-refractivity contribution in [3.63, 3.8) is 0 Å². The van der Waals surface area contributed by atoms with E-state index in [0.717, 1.165) is 10.7 Å². The Kier molecular flexibility index (Phi) is 4.04. The molecular formula is C14H13ClF3N3O. The Bertz CT molecular complexity index is 717. The first-order valence-electron chi connectivity index (χ1n) is 6.33. The summed E-state index contributed by atoms with van der Waals surface area (Å²) in [5.74, 6) is -0.248. The van der Waals surface area contributed by atoms with E-state index in [-0.39, 0.29) is 16.6 Å². The van der Waals surface area contributed by atoms with Crippen LogP contribution in [0.2, 0.25) is 5.02 Å². The third kappa shape index (κ3) is 3.30. The Labute approximate surface area is 129 Å². The number of aromatic nitrogens is 3. The summed E-state index contributed by atoms with van der Waals surface area (Å²) < 4.78 is 38.9. The van der Waals surface area contributed by atoms with Crippen LogP contribution < -0.4 is 0 Å². The average molecular weight is 332 g/mol. The second-order valence-electron chi connectivity index (χ2n) is 5.78. The van der Waals surface area contributed by atoms with Gasteiger partial charge in [-0.15, -0.1) is 0 Å². The third-order valence-electron chi connectivity index (χ3n) is 2.87. The SMILES string of the molecule is CC(C)(C)C(=O)n1cc(-c2ncc(C(F)(F)F)cc2Cl)cn1. The van der Waals surface area contributed by atoms with Crippen molar-refractivity contribution in [2.45, 2.75) is 26.9 Å². The van der Waals surface area contributed by atoms with Crippen molar-refractivity contribution in [2.75, 3.05) is 0 Å². The van der Waals surface area contributed by atoms with Gasteiger partial charge in [-0.2, -0.15) is 18.3 Å². The van der Waals surface area contributed by atoms with Crippen LogP contribution in [0.3, 0.4) is 0 Å². The fraction of sp³-hybridized carbons (Fsp3) is 0.357. The lowest BCUT2D eigenvalue weighted by molar-refractivity contribution is -0.137. The van der Waals surface area contributed by atoms with Crippen molar-refractivity contribution in [2.24, 2.45) is 5.41 Å². The van der Waals surface area contributed by atoms with Crippen molar-refractivity contribution < 1.29 is 18.0 Å². The molecule has 8 heteroatoms. The minimum atomic E-state index is -4.51. The lowest BCUT2D eigenvalue weighted by Crippen LogP contribution is -2.26. The van der Waals surface area contributed by atoms with Gasteiger partial charge in [0.1, 0.15) is 0 Å². The quantitative estimate of drug-likeness (QED) is 0.782. The van der Waals surface area contributed by atoms with Gasteiger partial charge >= 0.3 is 6.18 Å². The summed E-state index contributed by atoms with van der Waals surface area (Å²) in [4.78, 5) is 15.8. The molecule has 0 radical (unpaired) electrons. The van der Waals surface area contributed by atoms with Crippen LogP contribution in [0.5, 0.6) is 0 Å². The average Bonchev–Trinajstić information content (AvgIpc) is 2.84. The van der Waals surface area contributed by atoms with Gasteiger partial charge in [0.15, 0.2) is 0 Å². The fourth-order valence-corrected chi connectivity index (χ4v) is 1.98. The molecule has 2 rings (SSSR count). The molecule has 0 aliphatic carbocycles. The van der Waals surface area contributed by atoms with Crippen molar-refractivity contribution >= 4 is 17.5 Å². The first kappa shape index (κ1) is 16.5. The molecule has 22 heavy (non-hydrogen) atoms. The van der Waals surface area contributed by atoms with Crippen molar-refractivity contribution in [1.82, 2.24) is 14.8 Å². The zero-order valence-electron chi connectivity index (χ0n) is 12.1. The summed E-state index contributed by atoms with van der Waals surface area (Å²) in [6.07, 6.45) is -1.08. The highest BCUT2D eigenvalue weighted by Gasteiger charge is 2.32. The molecule has 0 unspecified atom stereocenters. The number of carbonyl (C=O) groups is 1. The Morgan fingerprint density at radius 1 is 1.23 bits per heavy atom. The number of alkyl halides is 3. The van der Waals surface area contributed by atoms with E-state index in [2.05, 4.69) is 10.1 Å². The van der Waals surface area contributed by atoms with Crippen LogP contribution in [0.4, 0.5) is 13.2 Å². The minimum Gasteiger partial charge on any atom is -0.272 e. The number of halogens is 4. The summed E-state index contributed by atoms with van der Waals surface area (Å²) in [5.41, 5.74) is -1.06. The van der Waals surface area contributed by atoms with Crippen molar-refractivity contribution in [3.8, 4) is 11.3 Å². The highest BCUT2D eigenvalue weighted by molar-refractivity contribution is 6.33.